The molecule has 0 aromatic heterocycles. The minimum atomic E-state index is 0. The van der Waals surface area contributed by atoms with Crippen molar-refractivity contribution in [3.63, 3.8) is 0 Å². The summed E-state index contributed by atoms with van der Waals surface area (Å²) in [5, 5.41) is 1.15. The van der Waals surface area contributed by atoms with Crippen molar-refractivity contribution in [1.29, 1.82) is 0 Å². The van der Waals surface area contributed by atoms with Crippen LogP contribution < -0.4 is 0 Å². The Labute approximate surface area is 76.7 Å². The fourth-order valence-corrected chi connectivity index (χ4v) is 1.17. The minimum absolute atomic E-state index is 0. The molecule has 0 heterocycles. The average Bonchev–Trinajstić information content (AvgIpc) is 1.68. The highest BCUT2D eigenvalue weighted by Gasteiger charge is 1.93. The van der Waals surface area contributed by atoms with Crippen LogP contribution in [0.4, 0.5) is 0 Å². The van der Waals surface area contributed by atoms with Crippen LogP contribution >= 0.6 is 15.9 Å². The van der Waals surface area contributed by atoms with Crippen molar-refractivity contribution >= 4 is 39.0 Å². The second kappa shape index (κ2) is 8.25. The molecule has 0 N–H and O–H groups in total. The van der Waals surface area contributed by atoms with Crippen molar-refractivity contribution in [3.05, 3.63) is 0 Å². The van der Waals surface area contributed by atoms with E-state index in [4.69, 9.17) is 0 Å². The Morgan fingerprint density at radius 2 is 2.00 bits per heavy atom. The molecule has 0 rings (SSSR count). The third-order valence-corrected chi connectivity index (χ3v) is 1.76. The largest absolute Gasteiger partial charge is 0.316 e. The fourth-order valence-electron chi connectivity index (χ4n) is 0.390. The van der Waals surface area contributed by atoms with E-state index < -0.39 is 0 Å². The van der Waals surface area contributed by atoms with Gasteiger partial charge in [0.1, 0.15) is 0 Å². The van der Waals surface area contributed by atoms with Crippen molar-refractivity contribution in [2.75, 3.05) is 5.33 Å². The zero-order valence-corrected chi connectivity index (χ0v) is 6.66. The summed E-state index contributed by atoms with van der Waals surface area (Å²) in [6.07, 6.45) is 2.63. The maximum absolute atomic E-state index is 3.39. The van der Waals surface area contributed by atoms with E-state index in [1.807, 2.05) is 0 Å². The molecule has 0 saturated heterocycles. The minimum Gasteiger partial charge on any atom is -0.0928 e. The number of hydrogen-bond donors (Lipinski definition) is 0. The van der Waals surface area contributed by atoms with E-state index in [9.17, 15) is 0 Å². The highest BCUT2D eigenvalue weighted by atomic mass is 79.9. The first-order valence-corrected chi connectivity index (χ1v) is 3.99. The van der Waals surface area contributed by atoms with Gasteiger partial charge in [-0.25, -0.2) is 0 Å². The summed E-state index contributed by atoms with van der Waals surface area (Å²) >= 11 is 3.39. The number of alkyl halides is 1. The maximum Gasteiger partial charge on any atom is 0.316 e. The first kappa shape index (κ1) is 12.0. The first-order valence-electron chi connectivity index (χ1n) is 2.87. The lowest BCUT2D eigenvalue weighted by Crippen LogP contribution is -1.90. The Bertz CT molecular complexity index is 39.5. The molecule has 0 nitrogen and oxygen atoms in total. The molecule has 0 aromatic rings. The van der Waals surface area contributed by atoms with Gasteiger partial charge >= 0.3 is 23.1 Å². The van der Waals surface area contributed by atoms with Gasteiger partial charge < -0.3 is 0 Å². The molecule has 0 aliphatic rings. The van der Waals surface area contributed by atoms with E-state index in [1.54, 1.807) is 0 Å². The van der Waals surface area contributed by atoms with Gasteiger partial charge in [0, 0.05) is 5.33 Å². The van der Waals surface area contributed by atoms with Crippen molar-refractivity contribution in [3.8, 4) is 0 Å². The van der Waals surface area contributed by atoms with Crippen molar-refractivity contribution in [2.45, 2.75) is 26.7 Å². The monoisotopic (exact) mass is 190 g/mol. The lowest BCUT2D eigenvalue weighted by Gasteiger charge is -2.01. The van der Waals surface area contributed by atoms with Gasteiger partial charge in [-0.2, -0.15) is 0 Å². The summed E-state index contributed by atoms with van der Waals surface area (Å²) in [5.74, 6) is 0.902. The summed E-state index contributed by atoms with van der Waals surface area (Å²) in [7, 11) is 0. The van der Waals surface area contributed by atoms with Gasteiger partial charge in [0.15, 0.2) is 0 Å². The zero-order valence-electron chi connectivity index (χ0n) is 5.08. The van der Waals surface area contributed by atoms with Crippen LogP contribution in [0.1, 0.15) is 26.7 Å². The number of rotatable bonds is 3. The molecule has 0 aromatic carbocycles. The molecular formula is C6H15BrMg. The molecule has 0 fully saturated rings. The molecular weight excluding hydrogens is 176 g/mol. The van der Waals surface area contributed by atoms with Crippen LogP contribution in [0, 0.1) is 5.92 Å². The molecule has 0 saturated carbocycles. The number of halogens is 1. The highest BCUT2D eigenvalue weighted by molar-refractivity contribution is 9.09. The van der Waals surface area contributed by atoms with E-state index in [2.05, 4.69) is 29.8 Å². The molecule has 8 heavy (non-hydrogen) atoms. The van der Waals surface area contributed by atoms with Crippen LogP contribution in [-0.2, 0) is 0 Å². The second-order valence-electron chi connectivity index (χ2n) is 1.99. The van der Waals surface area contributed by atoms with Crippen LogP contribution in [0.15, 0.2) is 0 Å². The standard InChI is InChI=1S/C6H13Br.Mg.2H/c1-3-6(2)4-5-7;;;/h6H,3-5H2,1-2H3;;;. The fraction of sp³-hybridized carbons (Fsp3) is 1.00. The molecule has 48 valence electrons. The van der Waals surface area contributed by atoms with E-state index >= 15 is 0 Å². The van der Waals surface area contributed by atoms with Gasteiger partial charge in [0.25, 0.3) is 0 Å². The van der Waals surface area contributed by atoms with Crippen LogP contribution in [0.25, 0.3) is 0 Å². The summed E-state index contributed by atoms with van der Waals surface area (Å²) in [5.41, 5.74) is 0. The predicted molar refractivity (Wildman–Crippen MR) is 46.4 cm³/mol. The Kier molecular flexibility index (Phi) is 12.3. The summed E-state index contributed by atoms with van der Waals surface area (Å²) in [6, 6.07) is 0. The SMILES string of the molecule is CCC(C)CCBr.[MgH2]. The molecule has 0 aliphatic heterocycles. The van der Waals surface area contributed by atoms with Gasteiger partial charge in [-0.05, 0) is 12.3 Å². The van der Waals surface area contributed by atoms with E-state index in [-0.39, 0.29) is 23.1 Å². The van der Waals surface area contributed by atoms with Crippen LogP contribution in [0.5, 0.6) is 0 Å². The van der Waals surface area contributed by atoms with E-state index in [1.165, 1.54) is 12.8 Å². The third-order valence-electron chi connectivity index (χ3n) is 1.30. The van der Waals surface area contributed by atoms with Gasteiger partial charge in [0.05, 0.1) is 0 Å². The zero-order chi connectivity index (χ0) is 5.70. The van der Waals surface area contributed by atoms with Gasteiger partial charge in [-0.3, -0.25) is 0 Å². The summed E-state index contributed by atoms with van der Waals surface area (Å²) in [4.78, 5) is 0. The van der Waals surface area contributed by atoms with Gasteiger partial charge in [-0.1, -0.05) is 36.2 Å². The van der Waals surface area contributed by atoms with Crippen molar-refractivity contribution in [1.82, 2.24) is 0 Å². The lowest BCUT2D eigenvalue weighted by atomic mass is 10.1. The smallest absolute Gasteiger partial charge is 0.0928 e. The van der Waals surface area contributed by atoms with Gasteiger partial charge in [0.2, 0.25) is 0 Å². The molecule has 0 amide bonds. The molecule has 0 spiro atoms. The quantitative estimate of drug-likeness (QED) is 0.472. The van der Waals surface area contributed by atoms with Crippen molar-refractivity contribution < 1.29 is 0 Å². The molecule has 2 heteroatoms. The molecule has 0 radical (unpaired) electrons. The molecule has 1 atom stereocenters. The highest BCUT2D eigenvalue weighted by Crippen LogP contribution is 2.06. The van der Waals surface area contributed by atoms with Gasteiger partial charge in [-0.15, -0.1) is 0 Å². The topological polar surface area (TPSA) is 0 Å². The Morgan fingerprint density at radius 3 is 2.12 bits per heavy atom. The second-order valence-corrected chi connectivity index (χ2v) is 2.78. The first-order chi connectivity index (χ1) is 3.31. The maximum atomic E-state index is 3.39. The van der Waals surface area contributed by atoms with E-state index in [0.29, 0.717) is 0 Å². The van der Waals surface area contributed by atoms with E-state index in [0.717, 1.165) is 11.2 Å². The van der Waals surface area contributed by atoms with Crippen LogP contribution in [0.2, 0.25) is 0 Å². The predicted octanol–water partition coefficient (Wildman–Crippen LogP) is 1.90. The normalized spacial score (nSPS) is 12.4. The Hall–Kier alpha value is 1.25. The average molecular weight is 191 g/mol. The Balaban J connectivity index is 0. The third kappa shape index (κ3) is 7.25. The summed E-state index contributed by atoms with van der Waals surface area (Å²) < 4.78 is 0. The summed E-state index contributed by atoms with van der Waals surface area (Å²) in [6.45, 7) is 4.51. The Morgan fingerprint density at radius 1 is 1.50 bits per heavy atom. The van der Waals surface area contributed by atoms with Crippen LogP contribution in [0.3, 0.4) is 0 Å². The van der Waals surface area contributed by atoms with Crippen molar-refractivity contribution in [2.24, 2.45) is 5.92 Å². The molecule has 1 unspecified atom stereocenters. The molecule has 0 aliphatic carbocycles. The lowest BCUT2D eigenvalue weighted by molar-refractivity contribution is 0.550. The number of hydrogen-bond acceptors (Lipinski definition) is 0. The van der Waals surface area contributed by atoms with Crippen LogP contribution in [-0.4, -0.2) is 28.4 Å². The molecule has 0 bridgehead atoms.